The molecule has 5 saturated carbocycles. The zero-order chi connectivity index (χ0) is 39.1. The number of carbonyl (C=O) groups excluding carboxylic acids is 2. The Morgan fingerprint density at radius 2 is 1.52 bits per heavy atom. The lowest BCUT2D eigenvalue weighted by molar-refractivity contribution is -0.246. The quantitative estimate of drug-likeness (QED) is 0.112. The largest absolute Gasteiger partial charge is 0.480 e. The summed E-state index contributed by atoms with van der Waals surface area (Å²) >= 11 is 0. The molecule has 0 aliphatic heterocycles. The van der Waals surface area contributed by atoms with Crippen LogP contribution in [0.4, 0.5) is 0 Å². The number of amides is 2. The Bertz CT molecular complexity index is 1540. The van der Waals surface area contributed by atoms with E-state index in [0.717, 1.165) is 76.2 Å². The fourth-order valence-electron chi connectivity index (χ4n) is 14.2. The fraction of sp³-hybridized carbons (Fsp3) is 0.766. The van der Waals surface area contributed by atoms with Crippen LogP contribution in [-0.4, -0.2) is 46.7 Å². The topological polar surface area (TPSA) is 116 Å². The molecule has 7 heteroatoms. The third kappa shape index (κ3) is 7.11. The van der Waals surface area contributed by atoms with Gasteiger partial charge in [0, 0.05) is 19.4 Å². The minimum absolute atomic E-state index is 0.0465. The molecular weight excluding hydrogens is 673 g/mol. The van der Waals surface area contributed by atoms with Gasteiger partial charge >= 0.3 is 5.97 Å². The standard InChI is InChI=1S/C47H72N2O5/c1-31(2)33-21-26-47(42(54)48-29-15-10-8-9-14-18-39(51)49-35(41(52)53)30-32-16-12-11-13-17-32)28-27-45(6)34(40(33)47)19-20-37-44(5)24-23-38(50)43(3,4)36(44)22-25-46(37,45)7/h11-13,16-17,33-38,40,50H,1,8-10,14-15,18-30H2,2-7H3,(H,48,54)(H,49,51)(H,52,53)/t33-,34+,35?,36-,37+,38-,40+,44-,45+,46+,47-/m0/s1. The molecule has 300 valence electrons. The highest BCUT2D eigenvalue weighted by Crippen LogP contribution is 2.77. The summed E-state index contributed by atoms with van der Waals surface area (Å²) in [6.45, 7) is 19.9. The molecule has 11 atom stereocenters. The average molecular weight is 745 g/mol. The van der Waals surface area contributed by atoms with Gasteiger partial charge in [0.1, 0.15) is 6.04 Å². The molecule has 5 aliphatic rings. The molecule has 1 aromatic rings. The highest BCUT2D eigenvalue weighted by molar-refractivity contribution is 5.84. The van der Waals surface area contributed by atoms with Crippen molar-refractivity contribution < 1.29 is 24.6 Å². The van der Waals surface area contributed by atoms with E-state index in [-0.39, 0.29) is 51.4 Å². The molecule has 7 nitrogen and oxygen atoms in total. The number of aliphatic hydroxyl groups excluding tert-OH is 1. The molecule has 6 rings (SSSR count). The number of fused-ring (bicyclic) bond motifs is 7. The molecule has 0 saturated heterocycles. The number of carboxylic acids is 1. The van der Waals surface area contributed by atoms with E-state index in [4.69, 9.17) is 0 Å². The number of unbranched alkanes of at least 4 members (excludes halogenated alkanes) is 4. The van der Waals surface area contributed by atoms with Crippen LogP contribution in [0.15, 0.2) is 42.5 Å². The van der Waals surface area contributed by atoms with E-state index in [2.05, 4.69) is 58.8 Å². The minimum atomic E-state index is -1.01. The molecule has 0 radical (unpaired) electrons. The van der Waals surface area contributed by atoms with Crippen LogP contribution in [0.2, 0.25) is 0 Å². The molecule has 5 fully saturated rings. The van der Waals surface area contributed by atoms with E-state index in [9.17, 15) is 24.6 Å². The fourth-order valence-corrected chi connectivity index (χ4v) is 14.2. The maximum absolute atomic E-state index is 14.5. The van der Waals surface area contributed by atoms with Gasteiger partial charge < -0.3 is 20.8 Å². The van der Waals surface area contributed by atoms with Crippen molar-refractivity contribution in [2.45, 2.75) is 163 Å². The zero-order valence-electron chi connectivity index (χ0n) is 34.5. The Morgan fingerprint density at radius 3 is 2.22 bits per heavy atom. The van der Waals surface area contributed by atoms with E-state index < -0.39 is 12.0 Å². The van der Waals surface area contributed by atoms with Crippen molar-refractivity contribution in [3.63, 3.8) is 0 Å². The molecular formula is C47H72N2O5. The minimum Gasteiger partial charge on any atom is -0.480 e. The smallest absolute Gasteiger partial charge is 0.326 e. The lowest BCUT2D eigenvalue weighted by Crippen LogP contribution is -2.67. The van der Waals surface area contributed by atoms with E-state index >= 15 is 0 Å². The molecule has 54 heavy (non-hydrogen) atoms. The molecule has 2 amide bonds. The van der Waals surface area contributed by atoms with Crippen LogP contribution < -0.4 is 10.6 Å². The van der Waals surface area contributed by atoms with Gasteiger partial charge in [-0.1, -0.05) is 96.4 Å². The van der Waals surface area contributed by atoms with Gasteiger partial charge in [0.2, 0.25) is 11.8 Å². The van der Waals surface area contributed by atoms with Crippen molar-refractivity contribution in [2.24, 2.45) is 56.7 Å². The lowest BCUT2D eigenvalue weighted by Gasteiger charge is -2.72. The van der Waals surface area contributed by atoms with Crippen LogP contribution in [-0.2, 0) is 20.8 Å². The van der Waals surface area contributed by atoms with Crippen LogP contribution >= 0.6 is 0 Å². The van der Waals surface area contributed by atoms with Crippen molar-refractivity contribution in [3.05, 3.63) is 48.0 Å². The summed E-state index contributed by atoms with van der Waals surface area (Å²) in [5.41, 5.74) is 2.45. The Labute approximate surface area is 326 Å². The van der Waals surface area contributed by atoms with Crippen molar-refractivity contribution in [2.75, 3.05) is 6.54 Å². The van der Waals surface area contributed by atoms with Crippen LogP contribution in [0.5, 0.6) is 0 Å². The summed E-state index contributed by atoms with van der Waals surface area (Å²) in [5.74, 6) is 1.53. The number of carboxylic acid groups (broad SMARTS) is 1. The Kier molecular flexibility index (Phi) is 11.9. The van der Waals surface area contributed by atoms with Crippen molar-refractivity contribution in [3.8, 4) is 0 Å². The Hall–Kier alpha value is -2.67. The van der Waals surface area contributed by atoms with E-state index in [1.807, 2.05) is 30.3 Å². The number of rotatable bonds is 14. The number of hydrogen-bond donors (Lipinski definition) is 4. The average Bonchev–Trinajstić information content (AvgIpc) is 3.53. The van der Waals surface area contributed by atoms with Gasteiger partial charge in [0.25, 0.3) is 0 Å². The SMILES string of the molecule is C=C(C)[C@@H]1CC[C@]2(C(=O)NCCCCCCCC(=O)NC(Cc3ccccc3)C(=O)O)CC[C@]3(C)[C@H](CC[C@@H]4[C@@]5(C)CC[C@H](O)C(C)(C)[C@@H]5CC[C@]43C)[C@@H]12. The van der Waals surface area contributed by atoms with E-state index in [1.54, 1.807) is 0 Å². The summed E-state index contributed by atoms with van der Waals surface area (Å²) in [7, 11) is 0. The van der Waals surface area contributed by atoms with Gasteiger partial charge in [-0.3, -0.25) is 9.59 Å². The molecule has 0 spiro atoms. The van der Waals surface area contributed by atoms with Crippen molar-refractivity contribution in [1.29, 1.82) is 0 Å². The zero-order valence-corrected chi connectivity index (χ0v) is 34.5. The second-order valence-electron chi connectivity index (χ2n) is 20.1. The molecule has 0 heterocycles. The summed E-state index contributed by atoms with van der Waals surface area (Å²) in [6, 6.07) is 8.46. The molecule has 0 aromatic heterocycles. The van der Waals surface area contributed by atoms with Gasteiger partial charge in [-0.15, -0.1) is 0 Å². The van der Waals surface area contributed by atoms with Crippen LogP contribution in [0.3, 0.4) is 0 Å². The number of carbonyl (C=O) groups is 3. The maximum atomic E-state index is 14.5. The number of benzene rings is 1. The van der Waals surface area contributed by atoms with Gasteiger partial charge in [0.05, 0.1) is 11.5 Å². The van der Waals surface area contributed by atoms with E-state index in [0.29, 0.717) is 42.6 Å². The second-order valence-corrected chi connectivity index (χ2v) is 20.1. The third-order valence-electron chi connectivity index (χ3n) is 17.3. The molecule has 1 unspecified atom stereocenters. The van der Waals surface area contributed by atoms with Gasteiger partial charge in [-0.05, 0) is 141 Å². The van der Waals surface area contributed by atoms with Gasteiger partial charge in [0.15, 0.2) is 0 Å². The first-order valence-electron chi connectivity index (χ1n) is 21.7. The van der Waals surface area contributed by atoms with Crippen LogP contribution in [0, 0.1) is 56.7 Å². The lowest BCUT2D eigenvalue weighted by atomic mass is 9.32. The Morgan fingerprint density at radius 1 is 0.815 bits per heavy atom. The number of hydrogen-bond acceptors (Lipinski definition) is 4. The summed E-state index contributed by atoms with van der Waals surface area (Å²) in [5, 5.41) is 26.9. The number of nitrogens with one attached hydrogen (secondary N) is 2. The highest BCUT2D eigenvalue weighted by atomic mass is 16.4. The first-order valence-corrected chi connectivity index (χ1v) is 21.7. The number of aliphatic hydroxyl groups is 1. The summed E-state index contributed by atoms with van der Waals surface area (Å²) in [6.07, 6.45) is 16.0. The summed E-state index contributed by atoms with van der Waals surface area (Å²) in [4.78, 5) is 38.7. The monoisotopic (exact) mass is 745 g/mol. The third-order valence-corrected chi connectivity index (χ3v) is 17.3. The Balaban J connectivity index is 1.02. The molecule has 5 aliphatic carbocycles. The summed E-state index contributed by atoms with van der Waals surface area (Å²) < 4.78 is 0. The first kappa shape index (κ1) is 41.0. The molecule has 4 N–H and O–H groups in total. The van der Waals surface area contributed by atoms with Crippen molar-refractivity contribution >= 4 is 17.8 Å². The normalized spacial score (nSPS) is 38.5. The molecule has 1 aromatic carbocycles. The van der Waals surface area contributed by atoms with Gasteiger partial charge in [-0.2, -0.15) is 0 Å². The number of aliphatic carboxylic acids is 1. The predicted molar refractivity (Wildman–Crippen MR) is 215 cm³/mol. The van der Waals surface area contributed by atoms with Crippen LogP contribution in [0.25, 0.3) is 0 Å². The van der Waals surface area contributed by atoms with Crippen LogP contribution in [0.1, 0.15) is 150 Å². The highest BCUT2D eigenvalue weighted by Gasteiger charge is 2.71. The van der Waals surface area contributed by atoms with Crippen molar-refractivity contribution in [1.82, 2.24) is 10.6 Å². The van der Waals surface area contributed by atoms with E-state index in [1.165, 1.54) is 31.3 Å². The van der Waals surface area contributed by atoms with Gasteiger partial charge in [-0.25, -0.2) is 4.79 Å². The first-order chi connectivity index (χ1) is 25.5. The predicted octanol–water partition coefficient (Wildman–Crippen LogP) is 9.27. The second kappa shape index (κ2) is 15.7. The molecule has 0 bridgehead atoms. The number of allylic oxidation sites excluding steroid dienone is 1. The maximum Gasteiger partial charge on any atom is 0.326 e.